The number of ether oxygens (including phenoxy) is 1. The molecular formula is C16H17N3OS. The van der Waals surface area contributed by atoms with Crippen molar-refractivity contribution >= 4 is 27.4 Å². The molecule has 2 heterocycles. The zero-order valence-electron chi connectivity index (χ0n) is 12.3. The number of hydrogen-bond donors (Lipinski definition) is 1. The summed E-state index contributed by atoms with van der Waals surface area (Å²) in [4.78, 5) is 11.5. The highest BCUT2D eigenvalue weighted by Crippen LogP contribution is 2.31. The lowest BCUT2D eigenvalue weighted by atomic mass is 10.1. The first-order chi connectivity index (χ1) is 10.2. The second kappa shape index (κ2) is 5.79. The van der Waals surface area contributed by atoms with Crippen LogP contribution in [0, 0.1) is 6.92 Å². The molecule has 1 N–H and O–H groups in total. The monoisotopic (exact) mass is 299 g/mol. The van der Waals surface area contributed by atoms with Gasteiger partial charge >= 0.3 is 0 Å². The van der Waals surface area contributed by atoms with E-state index in [1.807, 2.05) is 37.4 Å². The van der Waals surface area contributed by atoms with E-state index in [2.05, 4.69) is 23.3 Å². The van der Waals surface area contributed by atoms with Crippen molar-refractivity contribution in [1.82, 2.24) is 9.97 Å². The molecule has 0 spiro atoms. The van der Waals surface area contributed by atoms with Crippen LogP contribution in [0.3, 0.4) is 0 Å². The van der Waals surface area contributed by atoms with Crippen LogP contribution in [0.15, 0.2) is 36.4 Å². The standard InChI is InChI=1S/C16H17N3OS/c1-10-9-12-14(17-2)18-15(19-16(12)21-10)13(20-3)11-7-5-4-6-8-11/h4-9,13H,1-3H3,(H,17,18,19). The van der Waals surface area contributed by atoms with Crippen molar-refractivity contribution < 1.29 is 4.74 Å². The Hall–Kier alpha value is -1.98. The van der Waals surface area contributed by atoms with Gasteiger partial charge in [0.2, 0.25) is 0 Å². The van der Waals surface area contributed by atoms with Crippen LogP contribution >= 0.6 is 11.3 Å². The fourth-order valence-corrected chi connectivity index (χ4v) is 3.27. The van der Waals surface area contributed by atoms with Crippen LogP contribution < -0.4 is 5.32 Å². The summed E-state index contributed by atoms with van der Waals surface area (Å²) in [7, 11) is 3.56. The maximum Gasteiger partial charge on any atom is 0.165 e. The Morgan fingerprint density at radius 1 is 1.19 bits per heavy atom. The topological polar surface area (TPSA) is 47.0 Å². The molecule has 21 heavy (non-hydrogen) atoms. The smallest absolute Gasteiger partial charge is 0.165 e. The van der Waals surface area contributed by atoms with Crippen LogP contribution in [0.2, 0.25) is 0 Å². The average molecular weight is 299 g/mol. The number of aromatic nitrogens is 2. The van der Waals surface area contributed by atoms with E-state index in [9.17, 15) is 0 Å². The summed E-state index contributed by atoms with van der Waals surface area (Å²) in [6, 6.07) is 12.1. The summed E-state index contributed by atoms with van der Waals surface area (Å²) in [5.74, 6) is 1.53. The van der Waals surface area contributed by atoms with Gasteiger partial charge in [-0.15, -0.1) is 11.3 Å². The van der Waals surface area contributed by atoms with Crippen molar-refractivity contribution in [3.05, 3.63) is 52.7 Å². The first kappa shape index (κ1) is 14.0. The van der Waals surface area contributed by atoms with Gasteiger partial charge in [0.15, 0.2) is 5.82 Å². The second-order valence-electron chi connectivity index (χ2n) is 4.78. The van der Waals surface area contributed by atoms with Crippen molar-refractivity contribution in [1.29, 1.82) is 0 Å². The number of nitrogens with one attached hydrogen (secondary N) is 1. The van der Waals surface area contributed by atoms with Gasteiger partial charge in [-0.2, -0.15) is 0 Å². The van der Waals surface area contributed by atoms with Crippen LogP contribution in [0.25, 0.3) is 10.2 Å². The average Bonchev–Trinajstić information content (AvgIpc) is 2.88. The molecule has 0 aliphatic carbocycles. The maximum absolute atomic E-state index is 5.63. The third-order valence-corrected chi connectivity index (χ3v) is 4.29. The zero-order valence-corrected chi connectivity index (χ0v) is 13.1. The number of thiophene rings is 1. The highest BCUT2D eigenvalue weighted by atomic mass is 32.1. The third-order valence-electron chi connectivity index (χ3n) is 3.34. The Kier molecular flexibility index (Phi) is 3.86. The van der Waals surface area contributed by atoms with Crippen LogP contribution in [-0.4, -0.2) is 24.1 Å². The number of rotatable bonds is 4. The predicted molar refractivity (Wildman–Crippen MR) is 87.0 cm³/mol. The molecule has 1 unspecified atom stereocenters. The van der Waals surface area contributed by atoms with Gasteiger partial charge in [0.05, 0.1) is 5.39 Å². The summed E-state index contributed by atoms with van der Waals surface area (Å²) in [6.07, 6.45) is -0.259. The van der Waals surface area contributed by atoms with Crippen molar-refractivity contribution in [3.63, 3.8) is 0 Å². The summed E-state index contributed by atoms with van der Waals surface area (Å²) in [5.41, 5.74) is 1.05. The Morgan fingerprint density at radius 2 is 1.95 bits per heavy atom. The molecule has 3 rings (SSSR count). The molecule has 0 saturated carbocycles. The van der Waals surface area contributed by atoms with E-state index >= 15 is 0 Å². The van der Waals surface area contributed by atoms with Crippen LogP contribution in [0.4, 0.5) is 5.82 Å². The first-order valence-electron chi connectivity index (χ1n) is 6.76. The Labute approximate surface area is 127 Å². The molecule has 4 nitrogen and oxygen atoms in total. The Balaban J connectivity index is 2.14. The molecular weight excluding hydrogens is 282 g/mol. The summed E-state index contributed by atoms with van der Waals surface area (Å²) in [5, 5.41) is 4.22. The Bertz CT molecular complexity index is 755. The summed E-state index contributed by atoms with van der Waals surface area (Å²) in [6.45, 7) is 2.08. The minimum absolute atomic E-state index is 0.259. The number of hydrogen-bond acceptors (Lipinski definition) is 5. The van der Waals surface area contributed by atoms with Gasteiger partial charge in [0, 0.05) is 19.0 Å². The summed E-state index contributed by atoms with van der Waals surface area (Å²) < 4.78 is 5.63. The molecule has 5 heteroatoms. The molecule has 0 bridgehead atoms. The van der Waals surface area contributed by atoms with Gasteiger partial charge < -0.3 is 10.1 Å². The van der Waals surface area contributed by atoms with Gasteiger partial charge in [0.25, 0.3) is 0 Å². The molecule has 0 aliphatic rings. The molecule has 0 fully saturated rings. The van der Waals surface area contributed by atoms with Gasteiger partial charge in [0.1, 0.15) is 16.8 Å². The number of nitrogens with zero attached hydrogens (tertiary/aromatic N) is 2. The van der Waals surface area contributed by atoms with Gasteiger partial charge in [-0.05, 0) is 18.6 Å². The molecule has 3 aromatic rings. The maximum atomic E-state index is 5.63. The molecule has 2 aromatic heterocycles. The quantitative estimate of drug-likeness (QED) is 0.796. The van der Waals surface area contributed by atoms with Gasteiger partial charge in [-0.1, -0.05) is 30.3 Å². The number of benzene rings is 1. The Morgan fingerprint density at radius 3 is 2.62 bits per heavy atom. The van der Waals surface area contributed by atoms with E-state index in [4.69, 9.17) is 9.72 Å². The van der Waals surface area contributed by atoms with Crippen LogP contribution in [0.1, 0.15) is 22.4 Å². The molecule has 0 saturated heterocycles. The highest BCUT2D eigenvalue weighted by Gasteiger charge is 2.19. The lowest BCUT2D eigenvalue weighted by molar-refractivity contribution is 0.129. The highest BCUT2D eigenvalue weighted by molar-refractivity contribution is 7.18. The number of fused-ring (bicyclic) bond motifs is 1. The van der Waals surface area contributed by atoms with Gasteiger partial charge in [-0.3, -0.25) is 0 Å². The molecule has 0 aliphatic heterocycles. The fraction of sp³-hybridized carbons (Fsp3) is 0.250. The molecule has 1 atom stereocenters. The SMILES string of the molecule is CNc1nc(C(OC)c2ccccc2)nc2sc(C)cc12. The fourth-order valence-electron chi connectivity index (χ4n) is 2.38. The van der Waals surface area contributed by atoms with E-state index in [0.29, 0.717) is 5.82 Å². The largest absolute Gasteiger partial charge is 0.372 e. The first-order valence-corrected chi connectivity index (χ1v) is 7.58. The summed E-state index contributed by atoms with van der Waals surface area (Å²) >= 11 is 1.67. The molecule has 0 amide bonds. The van der Waals surface area contributed by atoms with E-state index < -0.39 is 0 Å². The normalized spacial score (nSPS) is 12.5. The number of anilines is 1. The van der Waals surface area contributed by atoms with Crippen molar-refractivity contribution in [3.8, 4) is 0 Å². The second-order valence-corrected chi connectivity index (χ2v) is 6.02. The minimum Gasteiger partial charge on any atom is -0.372 e. The van der Waals surface area contributed by atoms with Crippen LogP contribution in [0.5, 0.6) is 0 Å². The van der Waals surface area contributed by atoms with Crippen LogP contribution in [-0.2, 0) is 4.74 Å². The van der Waals surface area contributed by atoms with Crippen molar-refractivity contribution in [2.45, 2.75) is 13.0 Å². The number of methoxy groups -OCH3 is 1. The molecule has 1 aromatic carbocycles. The molecule has 0 radical (unpaired) electrons. The lowest BCUT2D eigenvalue weighted by Gasteiger charge is -2.15. The van der Waals surface area contributed by atoms with E-state index in [-0.39, 0.29) is 6.10 Å². The predicted octanol–water partition coefficient (Wildman–Crippen LogP) is 3.78. The molecule has 108 valence electrons. The van der Waals surface area contributed by atoms with Crippen molar-refractivity contribution in [2.75, 3.05) is 19.5 Å². The van der Waals surface area contributed by atoms with Crippen molar-refractivity contribution in [2.24, 2.45) is 0 Å². The van der Waals surface area contributed by atoms with Gasteiger partial charge in [-0.25, -0.2) is 9.97 Å². The van der Waals surface area contributed by atoms with E-state index in [1.54, 1.807) is 18.4 Å². The zero-order chi connectivity index (χ0) is 14.8. The lowest BCUT2D eigenvalue weighted by Crippen LogP contribution is -2.09. The third kappa shape index (κ3) is 2.62. The minimum atomic E-state index is -0.259. The van der Waals surface area contributed by atoms with E-state index in [1.165, 1.54) is 4.88 Å². The number of aryl methyl sites for hydroxylation is 1. The van der Waals surface area contributed by atoms with E-state index in [0.717, 1.165) is 21.6 Å².